The maximum atomic E-state index is 2.34. The molecule has 0 unspecified atom stereocenters. The summed E-state index contributed by atoms with van der Waals surface area (Å²) < 4.78 is 0. The predicted octanol–water partition coefficient (Wildman–Crippen LogP) is 3.18. The van der Waals surface area contributed by atoms with Gasteiger partial charge in [-0.3, -0.25) is 0 Å². The fourth-order valence-corrected chi connectivity index (χ4v) is 2.89. The summed E-state index contributed by atoms with van der Waals surface area (Å²) in [4.78, 5) is 0. The third kappa shape index (κ3) is 2.96. The molecule has 1 rings (SSSR count). The van der Waals surface area contributed by atoms with Crippen LogP contribution in [0.1, 0.15) is 33.6 Å². The molecule has 0 aromatic rings. The molecule has 10 heavy (non-hydrogen) atoms. The summed E-state index contributed by atoms with van der Waals surface area (Å²) in [5, 5.41) is 0. The van der Waals surface area contributed by atoms with Crippen molar-refractivity contribution in [2.45, 2.75) is 33.6 Å². The molecule has 1 saturated heterocycles. The minimum Gasteiger partial charge on any atom is -0.162 e. The molecule has 0 spiro atoms. The van der Waals surface area contributed by atoms with Gasteiger partial charge in [-0.15, -0.1) is 0 Å². The average molecular weight is 158 g/mol. The van der Waals surface area contributed by atoms with Crippen LogP contribution in [0.3, 0.4) is 0 Å². The fourth-order valence-electron chi connectivity index (χ4n) is 1.61. The van der Waals surface area contributed by atoms with Crippen LogP contribution in [0.4, 0.5) is 0 Å². The zero-order chi connectivity index (χ0) is 7.61. The van der Waals surface area contributed by atoms with Crippen molar-refractivity contribution in [3.05, 3.63) is 0 Å². The first-order chi connectivity index (χ1) is 4.58. The normalized spacial score (nSPS) is 27.3. The molecule has 60 valence electrons. The van der Waals surface area contributed by atoms with Crippen LogP contribution >= 0.6 is 11.8 Å². The first-order valence-corrected chi connectivity index (χ1v) is 5.31. The molecular weight excluding hydrogens is 140 g/mol. The van der Waals surface area contributed by atoms with Crippen LogP contribution in [0.2, 0.25) is 0 Å². The lowest BCUT2D eigenvalue weighted by Gasteiger charge is -2.21. The molecule has 0 aromatic heterocycles. The van der Waals surface area contributed by atoms with Crippen molar-refractivity contribution in [2.24, 2.45) is 11.3 Å². The molecule has 1 fully saturated rings. The summed E-state index contributed by atoms with van der Waals surface area (Å²) in [7, 11) is 0. The zero-order valence-electron chi connectivity index (χ0n) is 7.31. The molecule has 1 heterocycles. The molecule has 0 aromatic carbocycles. The van der Waals surface area contributed by atoms with Crippen molar-refractivity contribution in [3.8, 4) is 0 Å². The van der Waals surface area contributed by atoms with Gasteiger partial charge in [0.15, 0.2) is 0 Å². The first-order valence-electron chi connectivity index (χ1n) is 4.16. The van der Waals surface area contributed by atoms with Gasteiger partial charge in [-0.1, -0.05) is 20.8 Å². The van der Waals surface area contributed by atoms with Crippen molar-refractivity contribution in [1.82, 2.24) is 0 Å². The van der Waals surface area contributed by atoms with E-state index in [1.165, 1.54) is 24.3 Å². The lowest BCUT2D eigenvalue weighted by molar-refractivity contribution is 0.311. The smallest absolute Gasteiger partial charge is 0.00386 e. The summed E-state index contributed by atoms with van der Waals surface area (Å²) >= 11 is 2.12. The molecule has 0 bridgehead atoms. The van der Waals surface area contributed by atoms with Gasteiger partial charge in [0, 0.05) is 0 Å². The van der Waals surface area contributed by atoms with E-state index in [2.05, 4.69) is 32.5 Å². The van der Waals surface area contributed by atoms with E-state index in [4.69, 9.17) is 0 Å². The van der Waals surface area contributed by atoms with Gasteiger partial charge in [-0.05, 0) is 35.7 Å². The highest BCUT2D eigenvalue weighted by Crippen LogP contribution is 2.33. The molecule has 0 amide bonds. The quantitative estimate of drug-likeness (QED) is 0.565. The maximum Gasteiger partial charge on any atom is -0.00386 e. The number of hydrogen-bond donors (Lipinski definition) is 0. The van der Waals surface area contributed by atoms with Gasteiger partial charge in [0.25, 0.3) is 0 Å². The van der Waals surface area contributed by atoms with E-state index in [9.17, 15) is 0 Å². The van der Waals surface area contributed by atoms with E-state index in [0.29, 0.717) is 5.41 Å². The summed E-state index contributed by atoms with van der Waals surface area (Å²) in [5.41, 5.74) is 0.551. The maximum absolute atomic E-state index is 2.34. The largest absolute Gasteiger partial charge is 0.162 e. The van der Waals surface area contributed by atoms with E-state index in [0.717, 1.165) is 5.92 Å². The molecule has 1 heteroatoms. The highest BCUT2D eigenvalue weighted by molar-refractivity contribution is 7.99. The molecule has 0 saturated carbocycles. The third-order valence-corrected chi connectivity index (χ3v) is 3.16. The van der Waals surface area contributed by atoms with E-state index in [-0.39, 0.29) is 0 Å². The Morgan fingerprint density at radius 3 is 2.50 bits per heavy atom. The van der Waals surface area contributed by atoms with Gasteiger partial charge in [0.2, 0.25) is 0 Å². The van der Waals surface area contributed by atoms with Crippen molar-refractivity contribution in [1.29, 1.82) is 0 Å². The third-order valence-electron chi connectivity index (χ3n) is 1.93. The van der Waals surface area contributed by atoms with Crippen LogP contribution in [-0.4, -0.2) is 11.5 Å². The summed E-state index contributed by atoms with van der Waals surface area (Å²) in [5.74, 6) is 3.84. The SMILES string of the molecule is CC(C)(C)C[C@H]1CCSC1. The number of hydrogen-bond acceptors (Lipinski definition) is 1. The summed E-state index contributed by atoms with van der Waals surface area (Å²) in [6.07, 6.45) is 2.88. The van der Waals surface area contributed by atoms with E-state index in [1.807, 2.05) is 0 Å². The summed E-state index contributed by atoms with van der Waals surface area (Å²) in [6.45, 7) is 7.03. The Hall–Kier alpha value is 0.350. The van der Waals surface area contributed by atoms with Gasteiger partial charge in [-0.2, -0.15) is 11.8 Å². The second-order valence-corrected chi connectivity index (χ2v) is 5.64. The Morgan fingerprint density at radius 1 is 1.40 bits per heavy atom. The lowest BCUT2D eigenvalue weighted by atomic mass is 9.84. The second kappa shape index (κ2) is 3.17. The Morgan fingerprint density at radius 2 is 2.10 bits per heavy atom. The van der Waals surface area contributed by atoms with Gasteiger partial charge >= 0.3 is 0 Å². The van der Waals surface area contributed by atoms with Crippen LogP contribution < -0.4 is 0 Å². The Kier molecular flexibility index (Phi) is 2.67. The van der Waals surface area contributed by atoms with Crippen LogP contribution in [-0.2, 0) is 0 Å². The van der Waals surface area contributed by atoms with Crippen LogP contribution in [0.15, 0.2) is 0 Å². The molecule has 1 aliphatic heterocycles. The Balaban J connectivity index is 2.24. The molecule has 1 atom stereocenters. The van der Waals surface area contributed by atoms with Crippen molar-refractivity contribution in [2.75, 3.05) is 11.5 Å². The van der Waals surface area contributed by atoms with E-state index < -0.39 is 0 Å². The molecule has 0 nitrogen and oxygen atoms in total. The van der Waals surface area contributed by atoms with Gasteiger partial charge in [0.1, 0.15) is 0 Å². The van der Waals surface area contributed by atoms with Gasteiger partial charge < -0.3 is 0 Å². The van der Waals surface area contributed by atoms with Gasteiger partial charge in [-0.25, -0.2) is 0 Å². The number of rotatable bonds is 1. The molecular formula is C9H18S. The van der Waals surface area contributed by atoms with Crippen molar-refractivity contribution >= 4 is 11.8 Å². The zero-order valence-corrected chi connectivity index (χ0v) is 8.13. The lowest BCUT2D eigenvalue weighted by Crippen LogP contribution is -2.12. The molecule has 0 radical (unpaired) electrons. The van der Waals surface area contributed by atoms with Crippen molar-refractivity contribution in [3.63, 3.8) is 0 Å². The highest BCUT2D eigenvalue weighted by atomic mass is 32.2. The molecule has 0 N–H and O–H groups in total. The standard InChI is InChI=1S/C9H18S/c1-9(2,3)6-8-4-5-10-7-8/h8H,4-7H2,1-3H3/t8-/m1/s1. The highest BCUT2D eigenvalue weighted by Gasteiger charge is 2.21. The van der Waals surface area contributed by atoms with Crippen molar-refractivity contribution < 1.29 is 0 Å². The monoisotopic (exact) mass is 158 g/mol. The molecule has 1 aliphatic rings. The number of thioether (sulfide) groups is 1. The van der Waals surface area contributed by atoms with E-state index in [1.54, 1.807) is 0 Å². The van der Waals surface area contributed by atoms with Crippen LogP contribution in [0, 0.1) is 11.3 Å². The van der Waals surface area contributed by atoms with Crippen LogP contribution in [0.5, 0.6) is 0 Å². The second-order valence-electron chi connectivity index (χ2n) is 4.49. The Labute approximate surface area is 68.8 Å². The average Bonchev–Trinajstić information content (AvgIpc) is 2.12. The minimum absolute atomic E-state index is 0.551. The topological polar surface area (TPSA) is 0 Å². The summed E-state index contributed by atoms with van der Waals surface area (Å²) in [6, 6.07) is 0. The molecule has 0 aliphatic carbocycles. The fraction of sp³-hybridized carbons (Fsp3) is 1.00. The Bertz CT molecular complexity index is 95.8. The van der Waals surface area contributed by atoms with Gasteiger partial charge in [0.05, 0.1) is 0 Å². The predicted molar refractivity (Wildman–Crippen MR) is 49.5 cm³/mol. The van der Waals surface area contributed by atoms with E-state index >= 15 is 0 Å². The first kappa shape index (κ1) is 8.45. The minimum atomic E-state index is 0.551. The van der Waals surface area contributed by atoms with Crippen LogP contribution in [0.25, 0.3) is 0 Å².